The third-order valence-electron chi connectivity index (χ3n) is 4.24. The average Bonchev–Trinajstić information content (AvgIpc) is 3.12. The maximum absolute atomic E-state index is 13.0. The molecule has 1 aliphatic heterocycles. The van der Waals surface area contributed by atoms with E-state index in [4.69, 9.17) is 4.74 Å². The Morgan fingerprint density at radius 1 is 1.20 bits per heavy atom. The third-order valence-corrected chi connectivity index (χ3v) is 5.10. The normalized spacial score (nSPS) is 16.0. The van der Waals surface area contributed by atoms with Crippen LogP contribution in [0.2, 0.25) is 0 Å². The highest BCUT2D eigenvalue weighted by Gasteiger charge is 2.32. The fraction of sp³-hybridized carbons (Fsp3) is 0.389. The number of rotatable bonds is 4. The standard InChI is InChI=1S/C18H18F3NO2S/c19-18(20,21)14-4-1-3-13(11-14)17(23)22(12-16-5-2-10-25-16)15-6-8-24-9-7-15/h1-5,10-11,15H,6-9,12H2. The van der Waals surface area contributed by atoms with Gasteiger partial charge >= 0.3 is 6.18 Å². The van der Waals surface area contributed by atoms with E-state index >= 15 is 0 Å². The summed E-state index contributed by atoms with van der Waals surface area (Å²) in [5, 5.41) is 1.92. The van der Waals surface area contributed by atoms with E-state index in [-0.39, 0.29) is 17.5 Å². The molecule has 0 radical (unpaired) electrons. The lowest BCUT2D eigenvalue weighted by Gasteiger charge is -2.34. The fourth-order valence-electron chi connectivity index (χ4n) is 2.93. The van der Waals surface area contributed by atoms with Crippen molar-refractivity contribution in [3.63, 3.8) is 0 Å². The molecule has 2 aromatic rings. The van der Waals surface area contributed by atoms with Crippen LogP contribution in [0.1, 0.15) is 33.6 Å². The molecule has 7 heteroatoms. The Morgan fingerprint density at radius 2 is 1.96 bits per heavy atom. The van der Waals surface area contributed by atoms with Gasteiger partial charge in [-0.15, -0.1) is 11.3 Å². The summed E-state index contributed by atoms with van der Waals surface area (Å²) in [5.74, 6) is -0.369. The molecule has 0 N–H and O–H groups in total. The van der Waals surface area contributed by atoms with Crippen LogP contribution in [0.15, 0.2) is 41.8 Å². The zero-order valence-electron chi connectivity index (χ0n) is 13.5. The molecule has 0 saturated carbocycles. The molecule has 1 aliphatic rings. The zero-order chi connectivity index (χ0) is 17.9. The first-order chi connectivity index (χ1) is 11.9. The topological polar surface area (TPSA) is 29.5 Å². The molecule has 1 saturated heterocycles. The second-order valence-electron chi connectivity index (χ2n) is 5.93. The van der Waals surface area contributed by atoms with Gasteiger partial charge < -0.3 is 9.64 Å². The molecule has 0 bridgehead atoms. The lowest BCUT2D eigenvalue weighted by atomic mass is 10.0. The van der Waals surface area contributed by atoms with Gasteiger partial charge in [0.25, 0.3) is 5.91 Å². The number of carbonyl (C=O) groups is 1. The lowest BCUT2D eigenvalue weighted by Crippen LogP contribution is -2.42. The molecule has 1 fully saturated rings. The Morgan fingerprint density at radius 3 is 2.60 bits per heavy atom. The van der Waals surface area contributed by atoms with Crippen LogP contribution in [-0.4, -0.2) is 30.1 Å². The van der Waals surface area contributed by atoms with Crippen LogP contribution in [0.25, 0.3) is 0 Å². The van der Waals surface area contributed by atoms with Crippen molar-refractivity contribution in [3.05, 3.63) is 57.8 Å². The van der Waals surface area contributed by atoms with Crippen LogP contribution in [-0.2, 0) is 17.5 Å². The van der Waals surface area contributed by atoms with E-state index < -0.39 is 11.7 Å². The van der Waals surface area contributed by atoms with Crippen molar-refractivity contribution >= 4 is 17.2 Å². The van der Waals surface area contributed by atoms with Gasteiger partial charge in [0, 0.05) is 29.7 Å². The van der Waals surface area contributed by atoms with E-state index in [0.717, 1.165) is 17.0 Å². The van der Waals surface area contributed by atoms with Gasteiger partial charge in [-0.3, -0.25) is 4.79 Å². The molecule has 0 unspecified atom stereocenters. The van der Waals surface area contributed by atoms with Crippen molar-refractivity contribution in [3.8, 4) is 0 Å². The summed E-state index contributed by atoms with van der Waals surface area (Å²) < 4.78 is 44.2. The van der Waals surface area contributed by atoms with Crippen LogP contribution in [0.3, 0.4) is 0 Å². The molecule has 0 spiro atoms. The highest BCUT2D eigenvalue weighted by Crippen LogP contribution is 2.30. The van der Waals surface area contributed by atoms with Crippen molar-refractivity contribution in [1.29, 1.82) is 0 Å². The Labute approximate surface area is 148 Å². The lowest BCUT2D eigenvalue weighted by molar-refractivity contribution is -0.137. The summed E-state index contributed by atoms with van der Waals surface area (Å²) in [6.45, 7) is 1.51. The SMILES string of the molecule is O=C(c1cccc(C(F)(F)F)c1)N(Cc1cccs1)C1CCOCC1. The smallest absolute Gasteiger partial charge is 0.381 e. The minimum Gasteiger partial charge on any atom is -0.381 e. The molecule has 1 amide bonds. The first-order valence-corrected chi connectivity index (χ1v) is 8.91. The van der Waals surface area contributed by atoms with Crippen molar-refractivity contribution in [1.82, 2.24) is 4.90 Å². The van der Waals surface area contributed by atoms with Crippen LogP contribution < -0.4 is 0 Å². The highest BCUT2D eigenvalue weighted by molar-refractivity contribution is 7.09. The largest absolute Gasteiger partial charge is 0.416 e. The number of benzene rings is 1. The van der Waals surface area contributed by atoms with Crippen molar-refractivity contribution in [2.45, 2.75) is 31.6 Å². The van der Waals surface area contributed by atoms with E-state index in [9.17, 15) is 18.0 Å². The van der Waals surface area contributed by atoms with Gasteiger partial charge in [-0.2, -0.15) is 13.2 Å². The summed E-state index contributed by atoms with van der Waals surface area (Å²) in [4.78, 5) is 15.7. The molecule has 134 valence electrons. The van der Waals surface area contributed by atoms with E-state index in [1.165, 1.54) is 23.5 Å². The second kappa shape index (κ2) is 7.58. The minimum atomic E-state index is -4.46. The molecule has 3 rings (SSSR count). The molecule has 0 atom stereocenters. The summed E-state index contributed by atoms with van der Waals surface area (Å²) in [6, 6.07) is 8.44. The molecule has 2 heterocycles. The number of nitrogens with zero attached hydrogens (tertiary/aromatic N) is 1. The Hall–Kier alpha value is -1.86. The number of carbonyl (C=O) groups excluding carboxylic acids is 1. The number of halogens is 3. The number of hydrogen-bond acceptors (Lipinski definition) is 3. The molecular weight excluding hydrogens is 351 g/mol. The predicted molar refractivity (Wildman–Crippen MR) is 89.5 cm³/mol. The number of thiophene rings is 1. The number of ether oxygens (including phenoxy) is 1. The van der Waals surface area contributed by atoms with E-state index in [1.807, 2.05) is 17.5 Å². The number of amides is 1. The maximum atomic E-state index is 13.0. The maximum Gasteiger partial charge on any atom is 0.416 e. The monoisotopic (exact) mass is 369 g/mol. The summed E-state index contributed by atoms with van der Waals surface area (Å²) in [5.41, 5.74) is -0.737. The fourth-order valence-corrected chi connectivity index (χ4v) is 3.63. The zero-order valence-corrected chi connectivity index (χ0v) is 14.3. The first-order valence-electron chi connectivity index (χ1n) is 8.03. The van der Waals surface area contributed by atoms with Gasteiger partial charge in [0.15, 0.2) is 0 Å². The van der Waals surface area contributed by atoms with Crippen LogP contribution >= 0.6 is 11.3 Å². The van der Waals surface area contributed by atoms with E-state index in [1.54, 1.807) is 4.90 Å². The van der Waals surface area contributed by atoms with Gasteiger partial charge in [0.2, 0.25) is 0 Å². The molecule has 3 nitrogen and oxygen atoms in total. The first kappa shape index (κ1) is 17.9. The summed E-state index contributed by atoms with van der Waals surface area (Å²) >= 11 is 1.53. The predicted octanol–water partition coefficient (Wildman–Crippen LogP) is 4.59. The van der Waals surface area contributed by atoms with Crippen LogP contribution in [0.4, 0.5) is 13.2 Å². The van der Waals surface area contributed by atoms with Gasteiger partial charge in [-0.05, 0) is 42.5 Å². The Bertz CT molecular complexity index is 709. The molecule has 0 aliphatic carbocycles. The Balaban J connectivity index is 1.88. The average molecular weight is 369 g/mol. The quantitative estimate of drug-likeness (QED) is 0.789. The third kappa shape index (κ3) is 4.41. The van der Waals surface area contributed by atoms with Crippen molar-refractivity contribution in [2.24, 2.45) is 0 Å². The summed E-state index contributed by atoms with van der Waals surface area (Å²) in [6.07, 6.45) is -3.08. The van der Waals surface area contributed by atoms with Crippen molar-refractivity contribution in [2.75, 3.05) is 13.2 Å². The molecular formula is C18H18F3NO2S. The minimum absolute atomic E-state index is 0.0297. The molecule has 25 heavy (non-hydrogen) atoms. The van der Waals surface area contributed by atoms with Gasteiger partial charge in [-0.25, -0.2) is 0 Å². The van der Waals surface area contributed by atoms with Crippen LogP contribution in [0, 0.1) is 0 Å². The number of alkyl halides is 3. The Kier molecular flexibility index (Phi) is 5.44. The van der Waals surface area contributed by atoms with Crippen molar-refractivity contribution < 1.29 is 22.7 Å². The van der Waals surface area contributed by atoms with Gasteiger partial charge in [-0.1, -0.05) is 12.1 Å². The van der Waals surface area contributed by atoms with Gasteiger partial charge in [0.05, 0.1) is 12.1 Å². The molecule has 1 aromatic carbocycles. The van der Waals surface area contributed by atoms with E-state index in [0.29, 0.717) is 32.6 Å². The molecule has 1 aromatic heterocycles. The second-order valence-corrected chi connectivity index (χ2v) is 6.97. The van der Waals surface area contributed by atoms with Gasteiger partial charge in [0.1, 0.15) is 0 Å². The highest BCUT2D eigenvalue weighted by atomic mass is 32.1. The summed E-state index contributed by atoms with van der Waals surface area (Å²) in [7, 11) is 0. The van der Waals surface area contributed by atoms with E-state index in [2.05, 4.69) is 0 Å². The number of hydrogen-bond donors (Lipinski definition) is 0. The van der Waals surface area contributed by atoms with Crippen LogP contribution in [0.5, 0.6) is 0 Å².